The zero-order chi connectivity index (χ0) is 26.5. The molecule has 0 fully saturated rings. The Morgan fingerprint density at radius 3 is 2.60 bits per heavy atom. The summed E-state index contributed by atoms with van der Waals surface area (Å²) in [7, 11) is 1.84. The maximum Gasteiger partial charge on any atom is 0.410 e. The van der Waals surface area contributed by atoms with Crippen molar-refractivity contribution in [3.05, 3.63) is 33.4 Å². The number of nitrogens with two attached hydrogens (primary N) is 1. The first-order chi connectivity index (χ1) is 16.8. The zero-order valence-corrected chi connectivity index (χ0v) is 22.2. The van der Waals surface area contributed by atoms with Gasteiger partial charge in [-0.15, -0.1) is 12.8 Å². The second-order valence-corrected chi connectivity index (χ2v) is 7.62. The third-order valence-corrected chi connectivity index (χ3v) is 5.08. The van der Waals surface area contributed by atoms with Crippen LogP contribution in [0.1, 0.15) is 39.0 Å². The lowest BCUT2D eigenvalue weighted by atomic mass is 10.0. The molecule has 2 heterocycles. The highest BCUT2D eigenvalue weighted by Gasteiger charge is 2.31. The number of aromatic nitrogens is 2. The second-order valence-electron chi connectivity index (χ2n) is 6.77. The van der Waals surface area contributed by atoms with E-state index in [1.165, 1.54) is 4.90 Å². The maximum absolute atomic E-state index is 12.2. The molecule has 1 aliphatic heterocycles. The fourth-order valence-electron chi connectivity index (χ4n) is 3.26. The van der Waals surface area contributed by atoms with Gasteiger partial charge in [-0.2, -0.15) is 5.10 Å². The van der Waals surface area contributed by atoms with Crippen molar-refractivity contribution in [3.8, 4) is 29.9 Å². The molecule has 1 amide bonds. The predicted molar refractivity (Wildman–Crippen MR) is 142 cm³/mol. The number of amides is 1. The summed E-state index contributed by atoms with van der Waals surface area (Å²) in [6.07, 6.45) is 9.27. The molecule has 2 aromatic rings. The van der Waals surface area contributed by atoms with Gasteiger partial charge in [-0.3, -0.25) is 9.91 Å². The zero-order valence-electron chi connectivity index (χ0n) is 20.7. The summed E-state index contributed by atoms with van der Waals surface area (Å²) in [4.78, 5) is 22.5. The molecule has 3 rings (SSSR count). The Morgan fingerprint density at radius 2 is 1.97 bits per heavy atom. The maximum atomic E-state index is 12.2. The summed E-state index contributed by atoms with van der Waals surface area (Å²) in [5.41, 5.74) is 8.40. The Hall–Kier alpha value is -3.22. The van der Waals surface area contributed by atoms with Crippen molar-refractivity contribution < 1.29 is 14.3 Å². The number of ether oxygens (including phenoxy) is 2. The van der Waals surface area contributed by atoms with Crippen LogP contribution in [0.15, 0.2) is 17.2 Å². The Morgan fingerprint density at radius 1 is 1.29 bits per heavy atom. The monoisotopic (exact) mass is 522 g/mol. The van der Waals surface area contributed by atoms with Crippen molar-refractivity contribution in [2.24, 2.45) is 5.10 Å². The minimum Gasteiger partial charge on any atom is -0.491 e. The number of benzene rings is 1. The minimum atomic E-state index is -0.428. The van der Waals surface area contributed by atoms with Crippen molar-refractivity contribution in [2.45, 2.75) is 40.8 Å². The number of fused-ring (bicyclic) bond motifs is 1. The van der Waals surface area contributed by atoms with E-state index in [-0.39, 0.29) is 25.6 Å². The molecule has 190 valence electrons. The molecule has 0 aliphatic carbocycles. The average molecular weight is 523 g/mol. The van der Waals surface area contributed by atoms with Crippen LogP contribution in [0, 0.1) is 12.8 Å². The molecular weight excluding hydrogens is 491 g/mol. The molecule has 0 radical (unpaired) electrons. The normalized spacial score (nSPS) is 11.6. The molecule has 0 saturated heterocycles. The molecule has 9 nitrogen and oxygen atoms in total. The standard InChI is InChI=1S/C20H24Cl2N6O3.C2H6.C2H2/c1-4-24-27(3)6-7-31-16-9-12(21)8-14(22)17(16)18-13-10-28(20(29)30-5-2)11-15(13)25-19(23)26-18;2*1-2/h4,8-9H,5-7,10-11H2,1-3H3,(H2,23,25,26);1-2H3;1-2H/b24-4-;;. The fourth-order valence-corrected chi connectivity index (χ4v) is 3.83. The number of rotatable bonds is 7. The molecule has 2 N–H and O–H groups in total. The van der Waals surface area contributed by atoms with Crippen molar-refractivity contribution in [1.82, 2.24) is 19.9 Å². The highest BCUT2D eigenvalue weighted by molar-refractivity contribution is 6.37. The molecule has 35 heavy (non-hydrogen) atoms. The lowest BCUT2D eigenvalue weighted by Gasteiger charge is -2.18. The number of hydrazone groups is 1. The Bertz CT molecular complexity index is 1050. The van der Waals surface area contributed by atoms with E-state index < -0.39 is 6.09 Å². The highest BCUT2D eigenvalue weighted by Crippen LogP contribution is 2.42. The summed E-state index contributed by atoms with van der Waals surface area (Å²) < 4.78 is 11.1. The van der Waals surface area contributed by atoms with Crippen LogP contribution in [0.3, 0.4) is 0 Å². The van der Waals surface area contributed by atoms with Gasteiger partial charge in [0.15, 0.2) is 0 Å². The summed E-state index contributed by atoms with van der Waals surface area (Å²) in [5.74, 6) is 0.537. The second kappa shape index (κ2) is 14.9. The molecule has 1 aromatic heterocycles. The SMILES string of the molecule is C#C.C/C=N\N(C)CCOc1cc(Cl)cc(Cl)c1-c1nc(N)nc2c1CN(C(=O)OCC)C2.CC. The Labute approximate surface area is 217 Å². The van der Waals surface area contributed by atoms with E-state index in [0.717, 1.165) is 5.56 Å². The van der Waals surface area contributed by atoms with Gasteiger partial charge in [0.1, 0.15) is 12.4 Å². The fraction of sp³-hybridized carbons (Fsp3) is 0.417. The predicted octanol–water partition coefficient (Wildman–Crippen LogP) is 5.10. The van der Waals surface area contributed by atoms with Crippen molar-refractivity contribution >= 4 is 41.5 Å². The van der Waals surface area contributed by atoms with Gasteiger partial charge >= 0.3 is 6.09 Å². The third-order valence-electron chi connectivity index (χ3n) is 4.57. The first-order valence-corrected chi connectivity index (χ1v) is 11.8. The van der Waals surface area contributed by atoms with E-state index >= 15 is 0 Å². The quantitative estimate of drug-likeness (QED) is 0.306. The summed E-state index contributed by atoms with van der Waals surface area (Å²) in [6, 6.07) is 3.29. The summed E-state index contributed by atoms with van der Waals surface area (Å²) in [6.45, 7) is 9.31. The van der Waals surface area contributed by atoms with Crippen LogP contribution in [0.5, 0.6) is 5.75 Å². The largest absolute Gasteiger partial charge is 0.491 e. The van der Waals surface area contributed by atoms with E-state index in [1.54, 1.807) is 30.3 Å². The van der Waals surface area contributed by atoms with Gasteiger partial charge in [0, 0.05) is 23.8 Å². The smallest absolute Gasteiger partial charge is 0.410 e. The molecule has 11 heteroatoms. The Balaban J connectivity index is 0.00000145. The van der Waals surface area contributed by atoms with Crippen LogP contribution in [-0.2, 0) is 17.8 Å². The molecule has 1 aliphatic rings. The number of terminal acetylenes is 1. The minimum absolute atomic E-state index is 0.0773. The van der Waals surface area contributed by atoms with Gasteiger partial charge in [0.05, 0.1) is 48.2 Å². The van der Waals surface area contributed by atoms with Crippen LogP contribution in [0.25, 0.3) is 11.3 Å². The molecule has 0 bridgehead atoms. The lowest BCUT2D eigenvalue weighted by molar-refractivity contribution is 0.106. The van der Waals surface area contributed by atoms with Crippen LogP contribution in [0.4, 0.5) is 10.7 Å². The van der Waals surface area contributed by atoms with Gasteiger partial charge in [0.25, 0.3) is 0 Å². The molecule has 1 aromatic carbocycles. The van der Waals surface area contributed by atoms with E-state index in [9.17, 15) is 4.79 Å². The highest BCUT2D eigenvalue weighted by atomic mass is 35.5. The van der Waals surface area contributed by atoms with Gasteiger partial charge < -0.3 is 15.2 Å². The van der Waals surface area contributed by atoms with Crippen LogP contribution >= 0.6 is 23.2 Å². The number of carbonyl (C=O) groups is 1. The molecule has 0 spiro atoms. The summed E-state index contributed by atoms with van der Waals surface area (Å²) in [5, 5.41) is 6.70. The van der Waals surface area contributed by atoms with Crippen molar-refractivity contribution in [3.63, 3.8) is 0 Å². The van der Waals surface area contributed by atoms with Gasteiger partial charge in [0.2, 0.25) is 5.95 Å². The van der Waals surface area contributed by atoms with Crippen LogP contribution in [0.2, 0.25) is 10.0 Å². The van der Waals surface area contributed by atoms with Crippen molar-refractivity contribution in [2.75, 3.05) is 32.5 Å². The molecule has 0 saturated carbocycles. The van der Waals surface area contributed by atoms with E-state index in [1.807, 2.05) is 27.8 Å². The van der Waals surface area contributed by atoms with Gasteiger partial charge in [-0.1, -0.05) is 37.0 Å². The summed E-state index contributed by atoms with van der Waals surface area (Å²) >= 11 is 12.8. The third kappa shape index (κ3) is 7.91. The number of anilines is 1. The lowest BCUT2D eigenvalue weighted by Crippen LogP contribution is -2.26. The molecule has 0 atom stereocenters. The van der Waals surface area contributed by atoms with E-state index in [4.69, 9.17) is 38.4 Å². The molecule has 0 unspecified atom stereocenters. The van der Waals surface area contributed by atoms with Gasteiger partial charge in [-0.05, 0) is 26.0 Å². The van der Waals surface area contributed by atoms with Crippen LogP contribution < -0.4 is 10.5 Å². The first-order valence-electron chi connectivity index (χ1n) is 11.1. The van der Waals surface area contributed by atoms with E-state index in [2.05, 4.69) is 27.9 Å². The van der Waals surface area contributed by atoms with Crippen LogP contribution in [-0.4, -0.2) is 59.0 Å². The number of nitrogens with zero attached hydrogens (tertiary/aromatic N) is 5. The number of halogens is 2. The van der Waals surface area contributed by atoms with E-state index in [0.29, 0.717) is 45.9 Å². The number of nitrogen functional groups attached to an aromatic ring is 1. The topological polar surface area (TPSA) is 106 Å². The van der Waals surface area contributed by atoms with Gasteiger partial charge in [-0.25, -0.2) is 14.8 Å². The number of likely N-dealkylation sites (N-methyl/N-ethyl adjacent to an activating group) is 1. The number of carbonyl (C=O) groups excluding carboxylic acids is 1. The first kappa shape index (κ1) is 29.8. The number of hydrogen-bond donors (Lipinski definition) is 1. The molecular formula is C24H32Cl2N6O3. The van der Waals surface area contributed by atoms with Crippen molar-refractivity contribution in [1.29, 1.82) is 0 Å². The number of hydrogen-bond acceptors (Lipinski definition) is 8. The average Bonchev–Trinajstić information content (AvgIpc) is 3.26. The Kier molecular flexibility index (Phi) is 12.7.